The van der Waals surface area contributed by atoms with Gasteiger partial charge in [-0.2, -0.15) is 0 Å². The number of rotatable bonds is 6. The zero-order valence-corrected chi connectivity index (χ0v) is 12.7. The number of ether oxygens (including phenoxy) is 1. The van der Waals surface area contributed by atoms with Gasteiger partial charge in [-0.05, 0) is 30.7 Å². The Kier molecular flexibility index (Phi) is 5.22. The second-order valence-corrected chi connectivity index (χ2v) is 5.52. The van der Waals surface area contributed by atoms with Gasteiger partial charge in [0.15, 0.2) is 0 Å². The van der Waals surface area contributed by atoms with Crippen LogP contribution in [0.4, 0.5) is 0 Å². The minimum atomic E-state index is 0.0912. The molecule has 0 aromatic heterocycles. The Balaban J connectivity index is 1.82. The van der Waals surface area contributed by atoms with Gasteiger partial charge in [-0.15, -0.1) is 0 Å². The Labute approximate surface area is 122 Å². The van der Waals surface area contributed by atoms with Crippen LogP contribution < -0.4 is 15.4 Å². The van der Waals surface area contributed by atoms with E-state index in [-0.39, 0.29) is 5.91 Å². The van der Waals surface area contributed by atoms with Gasteiger partial charge in [0.1, 0.15) is 5.75 Å². The van der Waals surface area contributed by atoms with Crippen molar-refractivity contribution < 1.29 is 9.53 Å². The van der Waals surface area contributed by atoms with Crippen LogP contribution >= 0.6 is 15.9 Å². The fourth-order valence-electron chi connectivity index (χ4n) is 2.20. The molecule has 1 amide bonds. The van der Waals surface area contributed by atoms with E-state index in [0.717, 1.165) is 42.8 Å². The molecule has 0 spiro atoms. The molecule has 104 valence electrons. The van der Waals surface area contributed by atoms with Crippen LogP contribution in [0.2, 0.25) is 0 Å². The van der Waals surface area contributed by atoms with Crippen LogP contribution in [0.5, 0.6) is 5.75 Å². The van der Waals surface area contributed by atoms with Crippen molar-refractivity contribution in [3.05, 3.63) is 27.7 Å². The molecule has 0 atom stereocenters. The standard InChI is InChI=1S/C14H19BrN2O2/c1-16-13(18)3-2-5-17-9-11-8-12(15)7-10-4-6-19-14(10)11/h7-8,17H,2-6,9H2,1H3,(H,16,18). The number of nitrogens with one attached hydrogen (secondary N) is 2. The summed E-state index contributed by atoms with van der Waals surface area (Å²) in [6.45, 7) is 2.37. The topological polar surface area (TPSA) is 50.4 Å². The van der Waals surface area contributed by atoms with Crippen molar-refractivity contribution in [3.8, 4) is 5.75 Å². The molecule has 0 aliphatic carbocycles. The molecule has 2 rings (SSSR count). The Bertz CT molecular complexity index is 463. The van der Waals surface area contributed by atoms with E-state index in [2.05, 4.69) is 38.7 Å². The Hall–Kier alpha value is -1.07. The monoisotopic (exact) mass is 326 g/mol. The zero-order valence-electron chi connectivity index (χ0n) is 11.1. The molecule has 4 nitrogen and oxygen atoms in total. The third-order valence-corrected chi connectivity index (χ3v) is 3.63. The second-order valence-electron chi connectivity index (χ2n) is 4.61. The normalized spacial score (nSPS) is 12.9. The fourth-order valence-corrected chi connectivity index (χ4v) is 2.75. The molecule has 5 heteroatoms. The number of carbonyl (C=O) groups excluding carboxylic acids is 1. The van der Waals surface area contributed by atoms with Crippen molar-refractivity contribution in [2.75, 3.05) is 20.2 Å². The average molecular weight is 327 g/mol. The van der Waals surface area contributed by atoms with Gasteiger partial charge in [-0.1, -0.05) is 15.9 Å². The number of hydrogen-bond acceptors (Lipinski definition) is 3. The summed E-state index contributed by atoms with van der Waals surface area (Å²) in [6, 6.07) is 4.22. The number of halogens is 1. The molecule has 1 aliphatic rings. The van der Waals surface area contributed by atoms with E-state index in [1.807, 2.05) is 0 Å². The van der Waals surface area contributed by atoms with E-state index in [1.54, 1.807) is 7.05 Å². The SMILES string of the molecule is CNC(=O)CCCNCc1cc(Br)cc2c1OCC2. The van der Waals surface area contributed by atoms with E-state index in [4.69, 9.17) is 4.74 Å². The summed E-state index contributed by atoms with van der Waals surface area (Å²) >= 11 is 3.53. The molecule has 0 bridgehead atoms. The highest BCUT2D eigenvalue weighted by molar-refractivity contribution is 9.10. The van der Waals surface area contributed by atoms with Gasteiger partial charge in [-0.3, -0.25) is 4.79 Å². The van der Waals surface area contributed by atoms with Gasteiger partial charge < -0.3 is 15.4 Å². The second kappa shape index (κ2) is 6.91. The van der Waals surface area contributed by atoms with E-state index in [9.17, 15) is 4.79 Å². The number of benzene rings is 1. The number of fused-ring (bicyclic) bond motifs is 1. The van der Waals surface area contributed by atoms with Crippen LogP contribution in [0.1, 0.15) is 24.0 Å². The summed E-state index contributed by atoms with van der Waals surface area (Å²) in [7, 11) is 1.66. The van der Waals surface area contributed by atoms with Crippen molar-refractivity contribution in [1.29, 1.82) is 0 Å². The molecule has 0 saturated heterocycles. The van der Waals surface area contributed by atoms with E-state index >= 15 is 0 Å². The summed E-state index contributed by atoms with van der Waals surface area (Å²) in [5, 5.41) is 5.98. The van der Waals surface area contributed by atoms with Gasteiger partial charge in [0, 0.05) is 36.5 Å². The van der Waals surface area contributed by atoms with Crippen LogP contribution in [0.15, 0.2) is 16.6 Å². The molecule has 0 saturated carbocycles. The summed E-state index contributed by atoms with van der Waals surface area (Å²) in [5.74, 6) is 1.12. The third-order valence-electron chi connectivity index (χ3n) is 3.18. The molecular weight excluding hydrogens is 308 g/mol. The van der Waals surface area contributed by atoms with Crippen LogP contribution in [-0.4, -0.2) is 26.1 Å². The van der Waals surface area contributed by atoms with E-state index < -0.39 is 0 Å². The van der Waals surface area contributed by atoms with Crippen LogP contribution in [0, 0.1) is 0 Å². The molecule has 1 aromatic carbocycles. The molecule has 0 radical (unpaired) electrons. The molecule has 0 fully saturated rings. The number of amides is 1. The van der Waals surface area contributed by atoms with Gasteiger partial charge in [0.25, 0.3) is 0 Å². The maximum absolute atomic E-state index is 11.1. The molecule has 0 unspecified atom stereocenters. The summed E-state index contributed by atoms with van der Waals surface area (Å²) < 4.78 is 6.77. The Morgan fingerprint density at radius 1 is 1.47 bits per heavy atom. The van der Waals surface area contributed by atoms with Crippen molar-refractivity contribution in [3.63, 3.8) is 0 Å². The van der Waals surface area contributed by atoms with Gasteiger partial charge >= 0.3 is 0 Å². The van der Waals surface area contributed by atoms with Crippen molar-refractivity contribution in [1.82, 2.24) is 10.6 Å². The molecule has 2 N–H and O–H groups in total. The van der Waals surface area contributed by atoms with E-state index in [0.29, 0.717) is 6.42 Å². The smallest absolute Gasteiger partial charge is 0.219 e. The van der Waals surface area contributed by atoms with Crippen molar-refractivity contribution >= 4 is 21.8 Å². The highest BCUT2D eigenvalue weighted by Crippen LogP contribution is 2.32. The number of carbonyl (C=O) groups is 1. The minimum absolute atomic E-state index is 0.0912. The highest BCUT2D eigenvalue weighted by atomic mass is 79.9. The average Bonchev–Trinajstić information content (AvgIpc) is 2.85. The van der Waals surface area contributed by atoms with Crippen LogP contribution in [0.25, 0.3) is 0 Å². The zero-order chi connectivity index (χ0) is 13.7. The fraction of sp³-hybridized carbons (Fsp3) is 0.500. The quantitative estimate of drug-likeness (QED) is 0.786. The maximum atomic E-state index is 11.1. The lowest BCUT2D eigenvalue weighted by Gasteiger charge is -2.10. The molecule has 1 aliphatic heterocycles. The summed E-state index contributed by atoms with van der Waals surface area (Å²) in [6.07, 6.45) is 2.39. The first-order chi connectivity index (χ1) is 9.20. The number of hydrogen-bond donors (Lipinski definition) is 2. The lowest BCUT2D eigenvalue weighted by atomic mass is 10.1. The lowest BCUT2D eigenvalue weighted by molar-refractivity contribution is -0.120. The van der Waals surface area contributed by atoms with Crippen LogP contribution in [-0.2, 0) is 17.8 Å². The van der Waals surface area contributed by atoms with Crippen molar-refractivity contribution in [2.45, 2.75) is 25.8 Å². The largest absolute Gasteiger partial charge is 0.493 e. The van der Waals surface area contributed by atoms with Gasteiger partial charge in [0.05, 0.1) is 6.61 Å². The van der Waals surface area contributed by atoms with Crippen LogP contribution in [0.3, 0.4) is 0 Å². The molecule has 19 heavy (non-hydrogen) atoms. The van der Waals surface area contributed by atoms with Gasteiger partial charge in [-0.25, -0.2) is 0 Å². The lowest BCUT2D eigenvalue weighted by Crippen LogP contribution is -2.21. The van der Waals surface area contributed by atoms with Gasteiger partial charge in [0.2, 0.25) is 5.91 Å². The summed E-state index contributed by atoms with van der Waals surface area (Å²) in [5.41, 5.74) is 2.46. The molecular formula is C14H19BrN2O2. The first-order valence-electron chi connectivity index (χ1n) is 6.56. The van der Waals surface area contributed by atoms with Crippen molar-refractivity contribution in [2.24, 2.45) is 0 Å². The third kappa shape index (κ3) is 3.94. The minimum Gasteiger partial charge on any atom is -0.493 e. The first kappa shape index (κ1) is 14.3. The maximum Gasteiger partial charge on any atom is 0.219 e. The Morgan fingerprint density at radius 3 is 3.11 bits per heavy atom. The highest BCUT2D eigenvalue weighted by Gasteiger charge is 2.16. The predicted octanol–water partition coefficient (Wildman–Crippen LogP) is 2.00. The molecule has 1 aromatic rings. The van der Waals surface area contributed by atoms with E-state index in [1.165, 1.54) is 11.1 Å². The molecule has 1 heterocycles. The summed E-state index contributed by atoms with van der Waals surface area (Å²) in [4.78, 5) is 11.1. The Morgan fingerprint density at radius 2 is 2.32 bits per heavy atom. The predicted molar refractivity (Wildman–Crippen MR) is 78.3 cm³/mol. The first-order valence-corrected chi connectivity index (χ1v) is 7.35.